The van der Waals surface area contributed by atoms with Gasteiger partial charge in [-0.1, -0.05) is 29.3 Å². The summed E-state index contributed by atoms with van der Waals surface area (Å²) in [7, 11) is 0. The standard InChI is InChI=1S/C20H33N5O/c1-4-22-20(23-8-5-17-12-15(2)11-16(3)13-17)24-18-6-9-25(10-7-18)14-19(21)26/h11-13,18H,4-10,14H2,1-3H3,(H2,21,26)(H2,22,23,24). The van der Waals surface area contributed by atoms with Crippen LogP contribution in [-0.2, 0) is 11.2 Å². The van der Waals surface area contributed by atoms with Crippen LogP contribution in [0.3, 0.4) is 0 Å². The molecule has 0 spiro atoms. The maximum Gasteiger partial charge on any atom is 0.231 e. The first-order valence-electron chi connectivity index (χ1n) is 9.59. The zero-order chi connectivity index (χ0) is 18.9. The highest BCUT2D eigenvalue weighted by Gasteiger charge is 2.20. The van der Waals surface area contributed by atoms with Crippen molar-refractivity contribution in [2.45, 2.75) is 46.1 Å². The number of nitrogens with two attached hydrogens (primary N) is 1. The van der Waals surface area contributed by atoms with Gasteiger partial charge < -0.3 is 16.4 Å². The van der Waals surface area contributed by atoms with Gasteiger partial charge in [-0.25, -0.2) is 0 Å². The van der Waals surface area contributed by atoms with Crippen LogP contribution in [0.15, 0.2) is 23.2 Å². The predicted molar refractivity (Wildman–Crippen MR) is 107 cm³/mol. The predicted octanol–water partition coefficient (Wildman–Crippen LogP) is 1.35. The smallest absolute Gasteiger partial charge is 0.231 e. The van der Waals surface area contributed by atoms with Crippen molar-refractivity contribution in [3.05, 3.63) is 34.9 Å². The zero-order valence-electron chi connectivity index (χ0n) is 16.3. The van der Waals surface area contributed by atoms with Gasteiger partial charge in [-0.2, -0.15) is 0 Å². The first-order valence-corrected chi connectivity index (χ1v) is 9.59. The van der Waals surface area contributed by atoms with Crippen LogP contribution in [0.2, 0.25) is 0 Å². The summed E-state index contributed by atoms with van der Waals surface area (Å²) in [6.07, 6.45) is 2.93. The molecular formula is C20H33N5O. The molecule has 1 aliphatic heterocycles. The van der Waals surface area contributed by atoms with E-state index in [0.29, 0.717) is 12.6 Å². The summed E-state index contributed by atoms with van der Waals surface area (Å²) in [5.74, 6) is 0.628. The number of primary amides is 1. The number of aryl methyl sites for hydroxylation is 2. The van der Waals surface area contributed by atoms with Gasteiger partial charge >= 0.3 is 0 Å². The SMILES string of the molecule is CCNC(=NCCc1cc(C)cc(C)c1)NC1CCN(CC(N)=O)CC1. The fourth-order valence-corrected chi connectivity index (χ4v) is 3.48. The van der Waals surface area contributed by atoms with Crippen LogP contribution >= 0.6 is 0 Å². The molecule has 1 fully saturated rings. The molecule has 0 aromatic heterocycles. The number of rotatable bonds is 7. The topological polar surface area (TPSA) is 82.8 Å². The minimum atomic E-state index is -0.252. The molecule has 0 radical (unpaired) electrons. The number of guanidine groups is 1. The molecule has 1 aromatic rings. The lowest BCUT2D eigenvalue weighted by Gasteiger charge is -2.32. The Balaban J connectivity index is 1.84. The summed E-state index contributed by atoms with van der Waals surface area (Å²) < 4.78 is 0. The van der Waals surface area contributed by atoms with Crippen molar-refractivity contribution >= 4 is 11.9 Å². The van der Waals surface area contributed by atoms with Gasteiger partial charge in [0.05, 0.1) is 6.54 Å². The molecule has 144 valence electrons. The van der Waals surface area contributed by atoms with Gasteiger partial charge in [-0.15, -0.1) is 0 Å². The van der Waals surface area contributed by atoms with Gasteiger partial charge in [0.1, 0.15) is 0 Å². The third-order valence-corrected chi connectivity index (χ3v) is 4.60. The molecule has 6 heteroatoms. The number of benzene rings is 1. The monoisotopic (exact) mass is 359 g/mol. The lowest BCUT2D eigenvalue weighted by molar-refractivity contribution is -0.119. The van der Waals surface area contributed by atoms with Gasteiger partial charge in [0.2, 0.25) is 5.91 Å². The Labute approximate surface area is 157 Å². The molecule has 1 heterocycles. The van der Waals surface area contributed by atoms with Gasteiger partial charge in [0.25, 0.3) is 0 Å². The number of hydrogen-bond donors (Lipinski definition) is 3. The summed E-state index contributed by atoms with van der Waals surface area (Å²) >= 11 is 0. The van der Waals surface area contributed by atoms with Crippen molar-refractivity contribution in [2.24, 2.45) is 10.7 Å². The number of likely N-dealkylation sites (tertiary alicyclic amines) is 1. The molecule has 0 atom stereocenters. The molecule has 4 N–H and O–H groups in total. The van der Waals surface area contributed by atoms with Crippen LogP contribution < -0.4 is 16.4 Å². The number of aliphatic imine (C=N–C) groups is 1. The number of nitrogens with zero attached hydrogens (tertiary/aromatic N) is 2. The van der Waals surface area contributed by atoms with E-state index < -0.39 is 0 Å². The third-order valence-electron chi connectivity index (χ3n) is 4.60. The van der Waals surface area contributed by atoms with E-state index in [1.807, 2.05) is 0 Å². The molecule has 6 nitrogen and oxygen atoms in total. The van der Waals surface area contributed by atoms with E-state index in [9.17, 15) is 4.79 Å². The van der Waals surface area contributed by atoms with Crippen molar-refractivity contribution in [1.82, 2.24) is 15.5 Å². The molecular weight excluding hydrogens is 326 g/mol. The minimum Gasteiger partial charge on any atom is -0.369 e. The fourth-order valence-electron chi connectivity index (χ4n) is 3.48. The van der Waals surface area contributed by atoms with Crippen LogP contribution in [0.5, 0.6) is 0 Å². The van der Waals surface area contributed by atoms with Gasteiger partial charge in [0.15, 0.2) is 5.96 Å². The van der Waals surface area contributed by atoms with Crippen LogP contribution in [0, 0.1) is 13.8 Å². The largest absolute Gasteiger partial charge is 0.369 e. The quantitative estimate of drug-likeness (QED) is 0.507. The lowest BCUT2D eigenvalue weighted by atomic mass is 10.1. The molecule has 26 heavy (non-hydrogen) atoms. The van der Waals surface area contributed by atoms with Gasteiger partial charge in [-0.05, 0) is 45.6 Å². The molecule has 1 amide bonds. The van der Waals surface area contributed by atoms with E-state index >= 15 is 0 Å². The highest BCUT2D eigenvalue weighted by molar-refractivity contribution is 5.80. The maximum absolute atomic E-state index is 11.0. The van der Waals surface area contributed by atoms with E-state index in [1.165, 1.54) is 16.7 Å². The molecule has 0 unspecified atom stereocenters. The second-order valence-corrected chi connectivity index (χ2v) is 7.17. The van der Waals surface area contributed by atoms with Crippen molar-refractivity contribution in [2.75, 3.05) is 32.7 Å². The first-order chi connectivity index (χ1) is 12.5. The van der Waals surface area contributed by atoms with Crippen LogP contribution in [0.4, 0.5) is 0 Å². The number of piperidine rings is 1. The summed E-state index contributed by atoms with van der Waals surface area (Å²) in [5.41, 5.74) is 9.21. The van der Waals surface area contributed by atoms with Crippen molar-refractivity contribution in [3.8, 4) is 0 Å². The summed E-state index contributed by atoms with van der Waals surface area (Å²) in [6.45, 7) is 10.1. The zero-order valence-corrected chi connectivity index (χ0v) is 16.3. The number of carbonyl (C=O) groups excluding carboxylic acids is 1. The molecule has 2 rings (SSSR count). The molecule has 1 aromatic carbocycles. The van der Waals surface area contributed by atoms with E-state index in [4.69, 9.17) is 10.7 Å². The second-order valence-electron chi connectivity index (χ2n) is 7.17. The number of amides is 1. The highest BCUT2D eigenvalue weighted by Crippen LogP contribution is 2.11. The van der Waals surface area contributed by atoms with Crippen LogP contribution in [0.25, 0.3) is 0 Å². The Morgan fingerprint density at radius 2 is 1.88 bits per heavy atom. The lowest BCUT2D eigenvalue weighted by Crippen LogP contribution is -2.49. The summed E-state index contributed by atoms with van der Waals surface area (Å²) in [6, 6.07) is 7.05. The van der Waals surface area contributed by atoms with Gasteiger partial charge in [-0.3, -0.25) is 14.7 Å². The third kappa shape index (κ3) is 7.04. The normalized spacial score (nSPS) is 16.5. The Hall–Kier alpha value is -2.08. The Morgan fingerprint density at radius 3 is 2.46 bits per heavy atom. The highest BCUT2D eigenvalue weighted by atomic mass is 16.1. The number of hydrogen-bond acceptors (Lipinski definition) is 3. The maximum atomic E-state index is 11.0. The molecule has 0 aliphatic carbocycles. The molecule has 0 saturated carbocycles. The fraction of sp³-hybridized carbons (Fsp3) is 0.600. The number of carbonyl (C=O) groups is 1. The van der Waals surface area contributed by atoms with Crippen LogP contribution in [0.1, 0.15) is 36.5 Å². The summed E-state index contributed by atoms with van der Waals surface area (Å²) in [5, 5.41) is 6.87. The Bertz CT molecular complexity index is 600. The Morgan fingerprint density at radius 1 is 1.23 bits per heavy atom. The van der Waals surface area contributed by atoms with E-state index in [0.717, 1.165) is 51.4 Å². The molecule has 1 aliphatic rings. The van der Waals surface area contributed by atoms with E-state index in [1.54, 1.807) is 0 Å². The first kappa shape index (κ1) is 20.2. The van der Waals surface area contributed by atoms with E-state index in [2.05, 4.69) is 54.5 Å². The average Bonchev–Trinajstić information content (AvgIpc) is 2.55. The average molecular weight is 360 g/mol. The van der Waals surface area contributed by atoms with Crippen LogP contribution in [-0.4, -0.2) is 55.5 Å². The molecule has 0 bridgehead atoms. The molecule has 1 saturated heterocycles. The van der Waals surface area contributed by atoms with Crippen molar-refractivity contribution in [1.29, 1.82) is 0 Å². The Kier molecular flexibility index (Phi) is 7.91. The van der Waals surface area contributed by atoms with Crippen molar-refractivity contribution < 1.29 is 4.79 Å². The van der Waals surface area contributed by atoms with E-state index in [-0.39, 0.29) is 5.91 Å². The number of nitrogens with one attached hydrogen (secondary N) is 2. The van der Waals surface area contributed by atoms with Crippen molar-refractivity contribution in [3.63, 3.8) is 0 Å². The minimum absolute atomic E-state index is 0.252. The second kappa shape index (κ2) is 10.2. The summed E-state index contributed by atoms with van der Waals surface area (Å²) in [4.78, 5) is 17.9. The van der Waals surface area contributed by atoms with Gasteiger partial charge in [0, 0.05) is 32.2 Å².